The average Bonchev–Trinajstić information content (AvgIpc) is 3.07. The maximum Gasteiger partial charge on any atom is 0.470 e. The fourth-order valence-corrected chi connectivity index (χ4v) is 4.59. The second-order valence-electron chi connectivity index (χ2n) is 8.25. The van der Waals surface area contributed by atoms with E-state index in [-0.39, 0.29) is 12.8 Å². The van der Waals surface area contributed by atoms with Crippen molar-refractivity contribution in [2.75, 3.05) is 13.2 Å². The molecule has 0 spiro atoms. The number of phosphoric acid groups is 1. The molecule has 1 aromatic rings. The summed E-state index contributed by atoms with van der Waals surface area (Å²) < 4.78 is 40.5. The molecule has 28 heavy (non-hydrogen) atoms. The molecule has 2 atom stereocenters. The van der Waals surface area contributed by atoms with E-state index < -0.39 is 37.2 Å². The van der Waals surface area contributed by atoms with Crippen molar-refractivity contribution in [3.8, 4) is 0 Å². The zero-order valence-electron chi connectivity index (χ0n) is 16.7. The molecule has 1 aromatic carbocycles. The third-order valence-corrected chi connectivity index (χ3v) is 5.43. The number of ether oxygens (including phenoxy) is 4. The van der Waals surface area contributed by atoms with Gasteiger partial charge in [-0.2, -0.15) is 0 Å². The highest BCUT2D eigenvalue weighted by molar-refractivity contribution is 7.46. The Morgan fingerprint density at radius 3 is 1.82 bits per heavy atom. The molecular formula is C19H29O8P. The van der Waals surface area contributed by atoms with Crippen LogP contribution in [-0.4, -0.2) is 46.8 Å². The summed E-state index contributed by atoms with van der Waals surface area (Å²) >= 11 is 0. The Bertz CT molecular complexity index is 686. The predicted molar refractivity (Wildman–Crippen MR) is 100 cm³/mol. The molecule has 9 heteroatoms. The minimum Gasteiger partial charge on any atom is -0.348 e. The van der Waals surface area contributed by atoms with Gasteiger partial charge in [0, 0.05) is 12.8 Å². The Hall–Kier alpha value is -0.830. The van der Waals surface area contributed by atoms with Gasteiger partial charge in [0.05, 0.1) is 25.4 Å². The molecule has 2 N–H and O–H groups in total. The van der Waals surface area contributed by atoms with Crippen molar-refractivity contribution in [3.05, 3.63) is 35.9 Å². The second-order valence-corrected chi connectivity index (χ2v) is 9.42. The Morgan fingerprint density at radius 1 is 1.00 bits per heavy atom. The van der Waals surface area contributed by atoms with Crippen LogP contribution in [-0.2, 0) is 33.6 Å². The maximum atomic E-state index is 12.0. The number of benzene rings is 1. The van der Waals surface area contributed by atoms with Gasteiger partial charge in [-0.15, -0.1) is 0 Å². The minimum absolute atomic E-state index is 0.200. The molecule has 0 saturated carbocycles. The van der Waals surface area contributed by atoms with E-state index in [1.165, 1.54) is 0 Å². The summed E-state index contributed by atoms with van der Waals surface area (Å²) in [4.78, 5) is 19.4. The molecule has 0 amide bonds. The third kappa shape index (κ3) is 5.62. The first-order valence-electron chi connectivity index (χ1n) is 9.34. The Morgan fingerprint density at radius 2 is 1.46 bits per heavy atom. The fraction of sp³-hybridized carbons (Fsp3) is 0.684. The van der Waals surface area contributed by atoms with Gasteiger partial charge in [0.15, 0.2) is 11.6 Å². The SMILES string of the molecule is CC1(C)OCC(CC(CC2COC(C)(C)O2)(OP(=O)(O)O)c2ccccc2)O1. The molecule has 2 saturated heterocycles. The highest BCUT2D eigenvalue weighted by atomic mass is 31.2. The van der Waals surface area contributed by atoms with E-state index in [9.17, 15) is 14.4 Å². The van der Waals surface area contributed by atoms with Crippen LogP contribution in [0.3, 0.4) is 0 Å². The van der Waals surface area contributed by atoms with E-state index in [0.29, 0.717) is 18.8 Å². The molecule has 8 nitrogen and oxygen atoms in total. The third-order valence-electron chi connectivity index (χ3n) is 4.84. The lowest BCUT2D eigenvalue weighted by molar-refractivity contribution is -0.154. The molecule has 0 radical (unpaired) electrons. The first-order chi connectivity index (χ1) is 12.9. The van der Waals surface area contributed by atoms with Crippen LogP contribution in [0.5, 0.6) is 0 Å². The summed E-state index contributed by atoms with van der Waals surface area (Å²) in [6, 6.07) is 9.02. The molecule has 2 unspecified atom stereocenters. The number of hydrogen-bond donors (Lipinski definition) is 2. The average molecular weight is 416 g/mol. The van der Waals surface area contributed by atoms with Gasteiger partial charge in [0.2, 0.25) is 0 Å². The van der Waals surface area contributed by atoms with Crippen molar-refractivity contribution >= 4 is 7.82 Å². The van der Waals surface area contributed by atoms with Gasteiger partial charge in [0.25, 0.3) is 0 Å². The summed E-state index contributed by atoms with van der Waals surface area (Å²) in [5.74, 6) is -1.52. The molecule has 2 heterocycles. The van der Waals surface area contributed by atoms with Crippen molar-refractivity contribution in [1.29, 1.82) is 0 Å². The van der Waals surface area contributed by atoms with Crippen molar-refractivity contribution in [1.82, 2.24) is 0 Å². The number of hydrogen-bond acceptors (Lipinski definition) is 6. The van der Waals surface area contributed by atoms with E-state index in [4.69, 9.17) is 23.5 Å². The van der Waals surface area contributed by atoms with Gasteiger partial charge in [-0.05, 0) is 33.3 Å². The number of phosphoric ester groups is 1. The van der Waals surface area contributed by atoms with Crippen LogP contribution in [0.25, 0.3) is 0 Å². The monoisotopic (exact) mass is 416 g/mol. The van der Waals surface area contributed by atoms with Gasteiger partial charge < -0.3 is 28.7 Å². The summed E-state index contributed by atoms with van der Waals surface area (Å²) in [6.07, 6.45) is -0.383. The molecule has 2 aliphatic heterocycles. The van der Waals surface area contributed by atoms with Crippen LogP contribution in [0.1, 0.15) is 46.1 Å². The fourth-order valence-electron chi connectivity index (χ4n) is 3.88. The molecule has 3 rings (SSSR count). The Balaban J connectivity index is 1.95. The summed E-state index contributed by atoms with van der Waals surface area (Å²) in [5, 5.41) is 0. The van der Waals surface area contributed by atoms with Gasteiger partial charge in [-0.1, -0.05) is 30.3 Å². The van der Waals surface area contributed by atoms with Crippen molar-refractivity contribution < 1.29 is 37.8 Å². The maximum absolute atomic E-state index is 12.0. The molecular weight excluding hydrogens is 387 g/mol. The standard InChI is InChI=1S/C19H29O8P/c1-17(2)23-12-15(25-17)10-19(27-28(20,21)22,14-8-6-5-7-9-14)11-16-13-24-18(3,4)26-16/h5-9,15-16H,10-13H2,1-4H3,(H2,20,21,22). The lowest BCUT2D eigenvalue weighted by Gasteiger charge is -2.37. The highest BCUT2D eigenvalue weighted by Gasteiger charge is 2.48. The van der Waals surface area contributed by atoms with Crippen LogP contribution in [0.15, 0.2) is 30.3 Å². The molecule has 0 aliphatic carbocycles. The number of rotatable bonds is 7. The molecule has 2 aliphatic rings. The van der Waals surface area contributed by atoms with Crippen LogP contribution < -0.4 is 0 Å². The topological polar surface area (TPSA) is 104 Å². The first-order valence-corrected chi connectivity index (χ1v) is 10.9. The van der Waals surface area contributed by atoms with Gasteiger partial charge >= 0.3 is 7.82 Å². The van der Waals surface area contributed by atoms with Gasteiger partial charge in [0.1, 0.15) is 5.60 Å². The molecule has 0 aromatic heterocycles. The zero-order valence-corrected chi connectivity index (χ0v) is 17.6. The first kappa shape index (κ1) is 21.9. The van der Waals surface area contributed by atoms with Crippen molar-refractivity contribution in [3.63, 3.8) is 0 Å². The van der Waals surface area contributed by atoms with E-state index in [0.717, 1.165) is 0 Å². The van der Waals surface area contributed by atoms with Crippen molar-refractivity contribution in [2.24, 2.45) is 0 Å². The normalized spacial score (nSPS) is 28.9. The van der Waals surface area contributed by atoms with Gasteiger partial charge in [-0.25, -0.2) is 4.57 Å². The summed E-state index contributed by atoms with van der Waals surface area (Å²) in [7, 11) is -4.82. The van der Waals surface area contributed by atoms with Crippen LogP contribution in [0.2, 0.25) is 0 Å². The predicted octanol–water partition coefficient (Wildman–Crippen LogP) is 3.07. The minimum atomic E-state index is -4.82. The quantitative estimate of drug-likeness (QED) is 0.654. The smallest absolute Gasteiger partial charge is 0.348 e. The molecule has 0 bridgehead atoms. The second kappa shape index (κ2) is 7.78. The lowest BCUT2D eigenvalue weighted by Crippen LogP contribution is -2.39. The van der Waals surface area contributed by atoms with Crippen LogP contribution >= 0.6 is 7.82 Å². The Kier molecular flexibility index (Phi) is 6.07. The van der Waals surface area contributed by atoms with E-state index in [1.807, 2.05) is 6.07 Å². The van der Waals surface area contributed by atoms with Crippen LogP contribution in [0, 0.1) is 0 Å². The summed E-state index contributed by atoms with van der Waals surface area (Å²) in [6.45, 7) is 7.82. The van der Waals surface area contributed by atoms with Crippen LogP contribution in [0.4, 0.5) is 0 Å². The zero-order chi connectivity index (χ0) is 20.6. The van der Waals surface area contributed by atoms with Crippen molar-refractivity contribution in [2.45, 2.75) is 69.9 Å². The van der Waals surface area contributed by atoms with E-state index in [1.54, 1.807) is 52.0 Å². The lowest BCUT2D eigenvalue weighted by atomic mass is 9.83. The van der Waals surface area contributed by atoms with Gasteiger partial charge in [-0.3, -0.25) is 4.52 Å². The molecule has 158 valence electrons. The summed E-state index contributed by atoms with van der Waals surface area (Å²) in [5.41, 5.74) is -0.691. The van der Waals surface area contributed by atoms with E-state index >= 15 is 0 Å². The molecule has 2 fully saturated rings. The largest absolute Gasteiger partial charge is 0.470 e. The van der Waals surface area contributed by atoms with E-state index in [2.05, 4.69) is 0 Å². The highest BCUT2D eigenvalue weighted by Crippen LogP contribution is 2.51. The Labute approximate surface area is 165 Å².